The molecule has 1 amide bonds. The quantitative estimate of drug-likeness (QED) is 0.787. The Morgan fingerprint density at radius 2 is 2.26 bits per heavy atom. The molecule has 0 aromatic heterocycles. The first-order valence-electron chi connectivity index (χ1n) is 6.54. The number of fused-ring (bicyclic) bond motifs is 1. The summed E-state index contributed by atoms with van der Waals surface area (Å²) in [5.74, 6) is 0.152. The molecule has 4 nitrogen and oxygen atoms in total. The van der Waals surface area contributed by atoms with E-state index in [-0.39, 0.29) is 11.9 Å². The Bertz CT molecular complexity index is 506. The second kappa shape index (κ2) is 5.23. The van der Waals surface area contributed by atoms with E-state index in [1.807, 2.05) is 24.1 Å². The molecule has 1 aromatic carbocycles. The molecule has 5 heteroatoms. The molecule has 2 aliphatic rings. The molecule has 1 fully saturated rings. The summed E-state index contributed by atoms with van der Waals surface area (Å²) in [7, 11) is 1.99. The molecular weight excluding hydrogens is 308 g/mol. The summed E-state index contributed by atoms with van der Waals surface area (Å²) in [6.07, 6.45) is 0.936. The van der Waals surface area contributed by atoms with Gasteiger partial charge in [-0.05, 0) is 31.2 Å². The largest absolute Gasteiger partial charge is 0.378 e. The van der Waals surface area contributed by atoms with Gasteiger partial charge in [-0.2, -0.15) is 0 Å². The number of anilines is 1. The van der Waals surface area contributed by atoms with Crippen LogP contribution in [0.2, 0.25) is 0 Å². The Kier molecular flexibility index (Phi) is 3.60. The van der Waals surface area contributed by atoms with Crippen molar-refractivity contribution in [3.63, 3.8) is 0 Å². The van der Waals surface area contributed by atoms with Gasteiger partial charge in [0.1, 0.15) is 6.04 Å². The molecule has 0 N–H and O–H groups in total. The van der Waals surface area contributed by atoms with Crippen LogP contribution in [0.25, 0.3) is 0 Å². The van der Waals surface area contributed by atoms with Gasteiger partial charge >= 0.3 is 0 Å². The summed E-state index contributed by atoms with van der Waals surface area (Å²) in [5.41, 5.74) is 2.29. The third kappa shape index (κ3) is 2.42. The van der Waals surface area contributed by atoms with Gasteiger partial charge in [0.2, 0.25) is 5.91 Å². The van der Waals surface area contributed by atoms with Gasteiger partial charge in [-0.1, -0.05) is 22.0 Å². The zero-order chi connectivity index (χ0) is 13.4. The van der Waals surface area contributed by atoms with Gasteiger partial charge in [0.05, 0.1) is 13.2 Å². The summed E-state index contributed by atoms with van der Waals surface area (Å²) in [5, 5.41) is 0. The van der Waals surface area contributed by atoms with Crippen molar-refractivity contribution in [1.29, 1.82) is 0 Å². The molecule has 0 spiro atoms. The van der Waals surface area contributed by atoms with Gasteiger partial charge in [-0.3, -0.25) is 9.69 Å². The van der Waals surface area contributed by atoms with Crippen molar-refractivity contribution in [2.24, 2.45) is 0 Å². The highest BCUT2D eigenvalue weighted by Crippen LogP contribution is 2.31. The number of carbonyl (C=O) groups excluding carboxylic acids is 1. The zero-order valence-electron chi connectivity index (χ0n) is 10.9. The average molecular weight is 325 g/mol. The monoisotopic (exact) mass is 324 g/mol. The van der Waals surface area contributed by atoms with Crippen molar-refractivity contribution in [2.75, 3.05) is 38.3 Å². The number of hydrogen-bond donors (Lipinski definition) is 0. The van der Waals surface area contributed by atoms with Crippen molar-refractivity contribution in [3.05, 3.63) is 28.2 Å². The van der Waals surface area contributed by atoms with Gasteiger partial charge < -0.3 is 9.64 Å². The number of benzene rings is 1. The van der Waals surface area contributed by atoms with Crippen LogP contribution in [-0.2, 0) is 16.0 Å². The van der Waals surface area contributed by atoms with Crippen LogP contribution < -0.4 is 4.90 Å². The number of nitrogens with zero attached hydrogens (tertiary/aromatic N) is 2. The van der Waals surface area contributed by atoms with E-state index in [9.17, 15) is 4.79 Å². The minimum atomic E-state index is -0.154. The van der Waals surface area contributed by atoms with E-state index < -0.39 is 0 Å². The number of ether oxygens (including phenoxy) is 1. The van der Waals surface area contributed by atoms with Crippen molar-refractivity contribution >= 4 is 27.5 Å². The maximum Gasteiger partial charge on any atom is 0.246 e. The summed E-state index contributed by atoms with van der Waals surface area (Å²) in [6.45, 7) is 2.79. The van der Waals surface area contributed by atoms with Crippen LogP contribution in [0, 0.1) is 0 Å². The summed E-state index contributed by atoms with van der Waals surface area (Å²) < 4.78 is 6.46. The second-order valence-electron chi connectivity index (χ2n) is 5.08. The van der Waals surface area contributed by atoms with Crippen LogP contribution in [0.15, 0.2) is 22.7 Å². The Labute approximate surface area is 121 Å². The average Bonchev–Trinajstić information content (AvgIpc) is 2.81. The molecule has 2 heterocycles. The lowest BCUT2D eigenvalue weighted by atomic mass is 10.1. The van der Waals surface area contributed by atoms with Gasteiger partial charge in [0.25, 0.3) is 0 Å². The third-order valence-electron chi connectivity index (χ3n) is 3.89. The Balaban J connectivity index is 1.84. The first-order valence-corrected chi connectivity index (χ1v) is 7.34. The highest BCUT2D eigenvalue weighted by molar-refractivity contribution is 9.10. The van der Waals surface area contributed by atoms with Crippen LogP contribution in [0.3, 0.4) is 0 Å². The zero-order valence-corrected chi connectivity index (χ0v) is 12.5. The van der Waals surface area contributed by atoms with Crippen LogP contribution in [0.1, 0.15) is 5.56 Å². The van der Waals surface area contributed by atoms with E-state index in [1.165, 1.54) is 5.56 Å². The molecule has 0 bridgehead atoms. The first-order chi connectivity index (χ1) is 9.16. The van der Waals surface area contributed by atoms with E-state index in [1.54, 1.807) is 0 Å². The van der Waals surface area contributed by atoms with E-state index in [4.69, 9.17) is 4.74 Å². The summed E-state index contributed by atoms with van der Waals surface area (Å²) in [6, 6.07) is 6.00. The van der Waals surface area contributed by atoms with Crippen LogP contribution in [0.4, 0.5) is 5.69 Å². The maximum atomic E-state index is 12.7. The Morgan fingerprint density at radius 3 is 3.05 bits per heavy atom. The highest BCUT2D eigenvalue weighted by atomic mass is 79.9. The number of amides is 1. The second-order valence-corrected chi connectivity index (χ2v) is 6.00. The predicted octanol–water partition coefficient (Wildman–Crippen LogP) is 1.67. The SMILES string of the molecule is CN1CCOCC1C(=O)N1CCc2ccc(Br)cc21. The third-order valence-corrected chi connectivity index (χ3v) is 4.38. The molecule has 0 aliphatic carbocycles. The molecule has 1 unspecified atom stereocenters. The Hall–Kier alpha value is -0.910. The number of rotatable bonds is 1. The van der Waals surface area contributed by atoms with Crippen LogP contribution in [0.5, 0.6) is 0 Å². The Morgan fingerprint density at radius 1 is 1.42 bits per heavy atom. The smallest absolute Gasteiger partial charge is 0.246 e. The molecule has 19 heavy (non-hydrogen) atoms. The topological polar surface area (TPSA) is 32.8 Å². The normalized spacial score (nSPS) is 23.5. The molecule has 3 rings (SSSR count). The van der Waals surface area contributed by atoms with E-state index >= 15 is 0 Å². The van der Waals surface area contributed by atoms with Crippen molar-refractivity contribution < 1.29 is 9.53 Å². The van der Waals surface area contributed by atoms with Crippen molar-refractivity contribution in [2.45, 2.75) is 12.5 Å². The molecule has 0 radical (unpaired) electrons. The molecule has 0 saturated carbocycles. The number of hydrogen-bond acceptors (Lipinski definition) is 3. The van der Waals surface area contributed by atoms with Gasteiger partial charge in [0.15, 0.2) is 0 Å². The molecular formula is C14H17BrN2O2. The van der Waals surface area contributed by atoms with Crippen molar-refractivity contribution in [1.82, 2.24) is 4.90 Å². The standard InChI is InChI=1S/C14H17BrN2O2/c1-16-6-7-19-9-13(16)14(18)17-5-4-10-2-3-11(15)8-12(10)17/h2-3,8,13H,4-7,9H2,1H3. The van der Waals surface area contributed by atoms with Crippen LogP contribution in [-0.4, -0.2) is 50.2 Å². The van der Waals surface area contributed by atoms with E-state index in [0.717, 1.165) is 29.7 Å². The minimum Gasteiger partial charge on any atom is -0.378 e. The molecule has 2 aliphatic heterocycles. The lowest BCUT2D eigenvalue weighted by molar-refractivity contribution is -0.128. The number of carbonyl (C=O) groups is 1. The van der Waals surface area contributed by atoms with Gasteiger partial charge in [-0.25, -0.2) is 0 Å². The fourth-order valence-electron chi connectivity index (χ4n) is 2.71. The summed E-state index contributed by atoms with van der Waals surface area (Å²) in [4.78, 5) is 16.7. The van der Waals surface area contributed by atoms with Crippen LogP contribution >= 0.6 is 15.9 Å². The minimum absolute atomic E-state index is 0.152. The summed E-state index contributed by atoms with van der Waals surface area (Å²) >= 11 is 3.48. The lowest BCUT2D eigenvalue weighted by Crippen LogP contribution is -2.53. The number of likely N-dealkylation sites (N-methyl/N-ethyl adjacent to an activating group) is 1. The lowest BCUT2D eigenvalue weighted by Gasteiger charge is -2.34. The van der Waals surface area contributed by atoms with Gasteiger partial charge in [-0.15, -0.1) is 0 Å². The number of halogens is 1. The first kappa shape index (κ1) is 13.1. The van der Waals surface area contributed by atoms with Gasteiger partial charge in [0, 0.05) is 23.2 Å². The maximum absolute atomic E-state index is 12.7. The van der Waals surface area contributed by atoms with Crippen molar-refractivity contribution in [3.8, 4) is 0 Å². The molecule has 1 atom stereocenters. The van der Waals surface area contributed by atoms with E-state index in [2.05, 4.69) is 26.9 Å². The fraction of sp³-hybridized carbons (Fsp3) is 0.500. The highest BCUT2D eigenvalue weighted by Gasteiger charge is 2.34. The van der Waals surface area contributed by atoms with E-state index in [0.29, 0.717) is 13.2 Å². The molecule has 1 aromatic rings. The molecule has 102 valence electrons. The fourth-order valence-corrected chi connectivity index (χ4v) is 3.06. The molecule has 1 saturated heterocycles. The number of morpholine rings is 1. The predicted molar refractivity (Wildman–Crippen MR) is 77.4 cm³/mol.